The number of anilines is 1. The van der Waals surface area contributed by atoms with Crippen LogP contribution >= 0.6 is 11.3 Å². The van der Waals surface area contributed by atoms with E-state index in [9.17, 15) is 19.3 Å². The molecule has 0 atom stereocenters. The number of halogens is 1. The lowest BCUT2D eigenvalue weighted by atomic mass is 10.2. The lowest BCUT2D eigenvalue weighted by molar-refractivity contribution is -0.385. The van der Waals surface area contributed by atoms with E-state index in [4.69, 9.17) is 0 Å². The normalized spacial score (nSPS) is 10.9. The number of amides is 1. The average Bonchev–Trinajstić information content (AvgIpc) is 3.11. The van der Waals surface area contributed by atoms with E-state index < -0.39 is 10.8 Å². The first-order valence-electron chi connectivity index (χ1n) is 7.88. The molecule has 0 aliphatic rings. The second-order valence-corrected chi connectivity index (χ2v) is 6.52. The molecule has 0 saturated carbocycles. The van der Waals surface area contributed by atoms with Gasteiger partial charge in [-0.1, -0.05) is 6.07 Å². The van der Waals surface area contributed by atoms with Crippen molar-refractivity contribution in [3.63, 3.8) is 0 Å². The van der Waals surface area contributed by atoms with Crippen molar-refractivity contribution in [3.05, 3.63) is 81.1 Å². The third-order valence-electron chi connectivity index (χ3n) is 3.69. The molecule has 0 saturated heterocycles. The van der Waals surface area contributed by atoms with Crippen LogP contribution in [-0.4, -0.2) is 15.8 Å². The fourth-order valence-corrected chi connectivity index (χ4v) is 3.11. The van der Waals surface area contributed by atoms with Gasteiger partial charge in [-0.25, -0.2) is 9.37 Å². The first-order valence-corrected chi connectivity index (χ1v) is 8.76. The van der Waals surface area contributed by atoms with Crippen LogP contribution in [0.25, 0.3) is 16.6 Å². The van der Waals surface area contributed by atoms with Crippen molar-refractivity contribution < 1.29 is 14.1 Å². The highest BCUT2D eigenvalue weighted by Gasteiger charge is 2.11. The summed E-state index contributed by atoms with van der Waals surface area (Å²) in [6.07, 6.45) is 2.84. The zero-order valence-electron chi connectivity index (χ0n) is 14.2. The van der Waals surface area contributed by atoms with E-state index in [1.165, 1.54) is 35.6 Å². The number of aryl methyl sites for hydroxylation is 1. The number of rotatable bonds is 5. The molecule has 2 aromatic carbocycles. The van der Waals surface area contributed by atoms with Crippen LogP contribution in [0.5, 0.6) is 0 Å². The highest BCUT2D eigenvalue weighted by atomic mass is 32.1. The largest absolute Gasteiger partial charge is 0.322 e. The minimum atomic E-state index is -0.493. The zero-order valence-corrected chi connectivity index (χ0v) is 15.0. The van der Waals surface area contributed by atoms with E-state index >= 15 is 0 Å². The van der Waals surface area contributed by atoms with Gasteiger partial charge in [0.25, 0.3) is 5.69 Å². The van der Waals surface area contributed by atoms with Crippen molar-refractivity contribution in [3.8, 4) is 10.6 Å². The summed E-state index contributed by atoms with van der Waals surface area (Å²) >= 11 is 1.38. The van der Waals surface area contributed by atoms with E-state index in [0.717, 1.165) is 5.56 Å². The molecule has 1 N–H and O–H groups in total. The zero-order chi connectivity index (χ0) is 19.4. The van der Waals surface area contributed by atoms with Crippen molar-refractivity contribution in [2.24, 2.45) is 0 Å². The van der Waals surface area contributed by atoms with E-state index in [1.54, 1.807) is 42.6 Å². The molecule has 136 valence electrons. The molecule has 0 spiro atoms. The topological polar surface area (TPSA) is 85.1 Å². The maximum atomic E-state index is 13.0. The Morgan fingerprint density at radius 3 is 2.70 bits per heavy atom. The Kier molecular flexibility index (Phi) is 5.37. The minimum Gasteiger partial charge on any atom is -0.322 e. The second-order valence-electron chi connectivity index (χ2n) is 5.67. The van der Waals surface area contributed by atoms with Crippen molar-refractivity contribution in [1.29, 1.82) is 0 Å². The number of nitro groups is 1. The van der Waals surface area contributed by atoms with Crippen molar-refractivity contribution in [2.45, 2.75) is 6.92 Å². The molecule has 0 aliphatic heterocycles. The van der Waals surface area contributed by atoms with Gasteiger partial charge < -0.3 is 5.32 Å². The first kappa shape index (κ1) is 18.4. The number of carbonyl (C=O) groups excluding carboxylic acids is 1. The van der Waals surface area contributed by atoms with E-state index in [2.05, 4.69) is 10.3 Å². The van der Waals surface area contributed by atoms with Crippen molar-refractivity contribution in [2.75, 3.05) is 5.32 Å². The van der Waals surface area contributed by atoms with Gasteiger partial charge in [0.05, 0.1) is 10.6 Å². The molecular formula is C19H14FN3O3S. The molecule has 0 unspecified atom stereocenters. The van der Waals surface area contributed by atoms with Gasteiger partial charge in [0, 0.05) is 34.3 Å². The fourth-order valence-electron chi connectivity index (χ4n) is 2.32. The Bertz CT molecular complexity index is 1030. The molecule has 0 aliphatic carbocycles. The smallest absolute Gasteiger partial charge is 0.274 e. The molecule has 6 nitrogen and oxygen atoms in total. The highest BCUT2D eigenvalue weighted by molar-refractivity contribution is 7.13. The summed E-state index contributed by atoms with van der Waals surface area (Å²) in [5, 5.41) is 16.0. The summed E-state index contributed by atoms with van der Waals surface area (Å²) in [5.41, 5.74) is 2.18. The SMILES string of the molecule is Cc1ccc(NC(=O)/C=C/c2csc(-c3ccc(F)cc3)n2)cc1[N+](=O)[O-]. The van der Waals surface area contributed by atoms with Gasteiger partial charge in [-0.3, -0.25) is 14.9 Å². The number of nitrogens with zero attached hydrogens (tertiary/aromatic N) is 2. The van der Waals surface area contributed by atoms with Crippen LogP contribution in [0.15, 0.2) is 53.9 Å². The Labute approximate surface area is 158 Å². The summed E-state index contributed by atoms with van der Waals surface area (Å²) in [6.45, 7) is 1.63. The summed E-state index contributed by atoms with van der Waals surface area (Å²) in [6, 6.07) is 10.5. The van der Waals surface area contributed by atoms with E-state index in [0.29, 0.717) is 22.0 Å². The predicted octanol–water partition coefficient (Wildman–Crippen LogP) is 4.82. The molecule has 1 amide bonds. The van der Waals surface area contributed by atoms with Crippen molar-refractivity contribution in [1.82, 2.24) is 4.98 Å². The molecule has 27 heavy (non-hydrogen) atoms. The van der Waals surface area contributed by atoms with Crippen molar-refractivity contribution >= 4 is 34.7 Å². The molecule has 8 heteroatoms. The van der Waals surface area contributed by atoms with E-state index in [-0.39, 0.29) is 11.5 Å². The van der Waals surface area contributed by atoms with Gasteiger partial charge in [0.1, 0.15) is 10.8 Å². The van der Waals surface area contributed by atoms with Gasteiger partial charge in [0.2, 0.25) is 5.91 Å². The number of thiazole rings is 1. The van der Waals surface area contributed by atoms with Crippen LogP contribution in [0, 0.1) is 22.9 Å². The average molecular weight is 383 g/mol. The number of aromatic nitrogens is 1. The van der Waals surface area contributed by atoms with Crippen LogP contribution in [-0.2, 0) is 4.79 Å². The van der Waals surface area contributed by atoms with Gasteiger partial charge >= 0.3 is 0 Å². The monoisotopic (exact) mass is 383 g/mol. The molecular weight excluding hydrogens is 369 g/mol. The van der Waals surface area contributed by atoms with Crippen LogP contribution in [0.2, 0.25) is 0 Å². The van der Waals surface area contributed by atoms with Gasteiger partial charge in [-0.05, 0) is 43.3 Å². The predicted molar refractivity (Wildman–Crippen MR) is 103 cm³/mol. The minimum absolute atomic E-state index is 0.0554. The standard InChI is InChI=1S/C19H14FN3O3S/c1-12-2-7-15(10-17(12)23(25)26)21-18(24)9-8-16-11-27-19(22-16)13-3-5-14(20)6-4-13/h2-11H,1H3,(H,21,24)/b9-8+. The second kappa shape index (κ2) is 7.88. The number of hydrogen-bond donors (Lipinski definition) is 1. The maximum absolute atomic E-state index is 13.0. The fraction of sp³-hybridized carbons (Fsp3) is 0.0526. The van der Waals surface area contributed by atoms with E-state index in [1.807, 2.05) is 0 Å². The van der Waals surface area contributed by atoms with Gasteiger partial charge in [0.15, 0.2) is 0 Å². The lowest BCUT2D eigenvalue weighted by Crippen LogP contribution is -2.08. The molecule has 0 fully saturated rings. The Morgan fingerprint density at radius 2 is 2.00 bits per heavy atom. The maximum Gasteiger partial charge on any atom is 0.274 e. The van der Waals surface area contributed by atoms with Crippen LogP contribution in [0.1, 0.15) is 11.3 Å². The molecule has 0 radical (unpaired) electrons. The number of nitro benzene ring substituents is 1. The molecule has 0 bridgehead atoms. The summed E-state index contributed by atoms with van der Waals surface area (Å²) in [7, 11) is 0. The molecule has 1 heterocycles. The lowest BCUT2D eigenvalue weighted by Gasteiger charge is -2.03. The van der Waals surface area contributed by atoms with Crippen LogP contribution in [0.3, 0.4) is 0 Å². The van der Waals surface area contributed by atoms with Gasteiger partial charge in [-0.15, -0.1) is 11.3 Å². The molecule has 3 aromatic rings. The number of hydrogen-bond acceptors (Lipinski definition) is 5. The Balaban J connectivity index is 1.68. The van der Waals surface area contributed by atoms with Gasteiger partial charge in [-0.2, -0.15) is 0 Å². The van der Waals surface area contributed by atoms with Crippen LogP contribution < -0.4 is 5.32 Å². The summed E-state index contributed by atoms with van der Waals surface area (Å²) in [4.78, 5) is 26.9. The number of carbonyl (C=O) groups is 1. The highest BCUT2D eigenvalue weighted by Crippen LogP contribution is 2.25. The molecule has 3 rings (SSSR count). The van der Waals surface area contributed by atoms with Crippen LogP contribution in [0.4, 0.5) is 15.8 Å². The number of benzene rings is 2. The summed E-state index contributed by atoms with van der Waals surface area (Å²) < 4.78 is 13.0. The quantitative estimate of drug-likeness (QED) is 0.389. The third-order valence-corrected chi connectivity index (χ3v) is 4.60. The Hall–Kier alpha value is -3.39. The third kappa shape index (κ3) is 4.62. The number of nitrogens with one attached hydrogen (secondary N) is 1. The Morgan fingerprint density at radius 1 is 1.26 bits per heavy atom. The molecule has 1 aromatic heterocycles. The first-order chi connectivity index (χ1) is 12.9. The summed E-state index contributed by atoms with van der Waals surface area (Å²) in [5.74, 6) is -0.743.